The van der Waals surface area contributed by atoms with Gasteiger partial charge < -0.3 is 4.90 Å². The van der Waals surface area contributed by atoms with Crippen LogP contribution < -0.4 is 0 Å². The number of benzene rings is 1. The Bertz CT molecular complexity index is 824. The first kappa shape index (κ1) is 15.8. The summed E-state index contributed by atoms with van der Waals surface area (Å²) in [5, 5.41) is 0. The van der Waals surface area contributed by atoms with Crippen molar-refractivity contribution in [3.05, 3.63) is 95.8 Å². The lowest BCUT2D eigenvalue weighted by atomic mass is 10.0. The molecule has 0 fully saturated rings. The van der Waals surface area contributed by atoms with Crippen molar-refractivity contribution >= 4 is 5.91 Å². The van der Waals surface area contributed by atoms with Gasteiger partial charge in [0.15, 0.2) is 0 Å². The van der Waals surface area contributed by atoms with Gasteiger partial charge in [0.2, 0.25) is 0 Å². The van der Waals surface area contributed by atoms with Crippen LogP contribution in [0.3, 0.4) is 0 Å². The number of carbonyl (C=O) groups excluding carboxylic acids is 1. The summed E-state index contributed by atoms with van der Waals surface area (Å²) >= 11 is 0. The van der Waals surface area contributed by atoms with Gasteiger partial charge in [-0.1, -0.05) is 18.2 Å². The van der Waals surface area contributed by atoms with E-state index in [1.807, 2.05) is 12.1 Å². The molecule has 3 rings (SSSR count). The second kappa shape index (κ2) is 7.00. The van der Waals surface area contributed by atoms with E-state index < -0.39 is 6.04 Å². The molecule has 1 amide bonds. The van der Waals surface area contributed by atoms with Crippen LogP contribution in [0.4, 0.5) is 4.39 Å². The third-order valence-electron chi connectivity index (χ3n) is 3.75. The predicted molar refractivity (Wildman–Crippen MR) is 88.8 cm³/mol. The number of nitrogens with zero attached hydrogens (tertiary/aromatic N) is 3. The number of halogens is 1. The van der Waals surface area contributed by atoms with Gasteiger partial charge in [-0.25, -0.2) is 4.39 Å². The Morgan fingerprint density at radius 1 is 1.08 bits per heavy atom. The summed E-state index contributed by atoms with van der Waals surface area (Å²) in [6.45, 7) is 0. The first-order valence-electron chi connectivity index (χ1n) is 7.50. The molecule has 2 heterocycles. The van der Waals surface area contributed by atoms with E-state index in [0.29, 0.717) is 16.8 Å². The number of hydrogen-bond acceptors (Lipinski definition) is 3. The van der Waals surface area contributed by atoms with Crippen LogP contribution in [0.1, 0.15) is 27.7 Å². The predicted octanol–water partition coefficient (Wildman–Crippen LogP) is 3.48. The fraction of sp³-hybridized carbons (Fsp3) is 0.105. The van der Waals surface area contributed by atoms with Crippen LogP contribution in [0.5, 0.6) is 0 Å². The highest BCUT2D eigenvalue weighted by molar-refractivity contribution is 5.94. The Hall–Kier alpha value is -3.08. The van der Waals surface area contributed by atoms with Gasteiger partial charge in [-0.05, 0) is 42.0 Å². The van der Waals surface area contributed by atoms with E-state index >= 15 is 0 Å². The maximum atomic E-state index is 13.7. The maximum Gasteiger partial charge on any atom is 0.255 e. The second-order valence-electron chi connectivity index (χ2n) is 5.37. The molecule has 1 aromatic carbocycles. The maximum absolute atomic E-state index is 13.7. The lowest BCUT2D eigenvalue weighted by Gasteiger charge is -2.28. The molecular weight excluding hydrogens is 305 g/mol. The molecule has 0 bridgehead atoms. The Labute approximate surface area is 139 Å². The summed E-state index contributed by atoms with van der Waals surface area (Å²) < 4.78 is 13.7. The summed E-state index contributed by atoms with van der Waals surface area (Å²) in [5.74, 6) is -0.557. The molecule has 0 radical (unpaired) electrons. The molecular formula is C19H16FN3O. The molecule has 0 saturated carbocycles. The van der Waals surface area contributed by atoms with Crippen molar-refractivity contribution in [2.24, 2.45) is 0 Å². The number of pyridine rings is 2. The van der Waals surface area contributed by atoms with Gasteiger partial charge in [-0.3, -0.25) is 14.8 Å². The van der Waals surface area contributed by atoms with Crippen molar-refractivity contribution in [2.45, 2.75) is 6.04 Å². The van der Waals surface area contributed by atoms with Crippen LogP contribution in [-0.4, -0.2) is 27.8 Å². The van der Waals surface area contributed by atoms with Gasteiger partial charge in [-0.2, -0.15) is 0 Å². The molecule has 2 aromatic heterocycles. The van der Waals surface area contributed by atoms with Crippen molar-refractivity contribution in [3.63, 3.8) is 0 Å². The molecule has 0 aliphatic carbocycles. The number of aromatic nitrogens is 2. The summed E-state index contributed by atoms with van der Waals surface area (Å²) in [7, 11) is 1.68. The fourth-order valence-corrected chi connectivity index (χ4v) is 2.62. The lowest BCUT2D eigenvalue weighted by Crippen LogP contribution is -2.32. The number of carbonyl (C=O) groups is 1. The lowest BCUT2D eigenvalue weighted by molar-refractivity contribution is 0.0752. The highest BCUT2D eigenvalue weighted by Crippen LogP contribution is 2.27. The molecule has 120 valence electrons. The van der Waals surface area contributed by atoms with Crippen molar-refractivity contribution in [1.82, 2.24) is 14.9 Å². The third kappa shape index (κ3) is 3.30. The molecule has 5 heteroatoms. The topological polar surface area (TPSA) is 46.1 Å². The standard InChI is InChI=1S/C19H16FN3O/c1-23(19(24)15-7-5-10-21-13-15)18(17-9-2-3-11-22-17)14-6-4-8-16(20)12-14/h2-13,18H,1H3/t18-/m1/s1. The first-order valence-corrected chi connectivity index (χ1v) is 7.50. The van der Waals surface area contributed by atoms with Crippen molar-refractivity contribution in [1.29, 1.82) is 0 Å². The van der Waals surface area contributed by atoms with Gasteiger partial charge in [0.05, 0.1) is 17.3 Å². The van der Waals surface area contributed by atoms with Crippen LogP contribution in [-0.2, 0) is 0 Å². The molecule has 4 nitrogen and oxygen atoms in total. The Balaban J connectivity index is 2.03. The highest BCUT2D eigenvalue weighted by atomic mass is 19.1. The molecule has 1 atom stereocenters. The monoisotopic (exact) mass is 321 g/mol. The van der Waals surface area contributed by atoms with E-state index in [2.05, 4.69) is 9.97 Å². The van der Waals surface area contributed by atoms with E-state index in [1.54, 1.807) is 54.7 Å². The first-order chi connectivity index (χ1) is 11.7. The molecule has 0 spiro atoms. The van der Waals surface area contributed by atoms with Gasteiger partial charge in [0, 0.05) is 25.6 Å². The van der Waals surface area contributed by atoms with Gasteiger partial charge in [0.25, 0.3) is 5.91 Å². The Kier molecular flexibility index (Phi) is 4.61. The minimum atomic E-state index is -0.491. The molecule has 0 aliphatic rings. The molecule has 0 N–H and O–H groups in total. The zero-order valence-electron chi connectivity index (χ0n) is 13.1. The second-order valence-corrected chi connectivity index (χ2v) is 5.37. The third-order valence-corrected chi connectivity index (χ3v) is 3.75. The Morgan fingerprint density at radius 3 is 2.62 bits per heavy atom. The average molecular weight is 321 g/mol. The van der Waals surface area contributed by atoms with Crippen LogP contribution in [0, 0.1) is 5.82 Å². The van der Waals surface area contributed by atoms with E-state index in [-0.39, 0.29) is 11.7 Å². The van der Waals surface area contributed by atoms with Crippen molar-refractivity contribution < 1.29 is 9.18 Å². The van der Waals surface area contributed by atoms with Gasteiger partial charge in [0.1, 0.15) is 5.82 Å². The summed E-state index contributed by atoms with van der Waals surface area (Å²) in [6.07, 6.45) is 4.78. The summed E-state index contributed by atoms with van der Waals surface area (Å²) in [4.78, 5) is 22.7. The highest BCUT2D eigenvalue weighted by Gasteiger charge is 2.25. The van der Waals surface area contributed by atoms with Gasteiger partial charge >= 0.3 is 0 Å². The van der Waals surface area contributed by atoms with E-state index in [4.69, 9.17) is 0 Å². The van der Waals surface area contributed by atoms with Crippen molar-refractivity contribution in [2.75, 3.05) is 7.05 Å². The molecule has 24 heavy (non-hydrogen) atoms. The number of rotatable bonds is 4. The molecule has 3 aromatic rings. The normalized spacial score (nSPS) is 11.8. The number of amides is 1. The summed E-state index contributed by atoms with van der Waals surface area (Å²) in [6, 6.07) is 14.6. The van der Waals surface area contributed by atoms with Crippen LogP contribution in [0.25, 0.3) is 0 Å². The molecule has 0 aliphatic heterocycles. The van der Waals surface area contributed by atoms with E-state index in [9.17, 15) is 9.18 Å². The quantitative estimate of drug-likeness (QED) is 0.739. The number of hydrogen-bond donors (Lipinski definition) is 0. The van der Waals surface area contributed by atoms with Crippen molar-refractivity contribution in [3.8, 4) is 0 Å². The van der Waals surface area contributed by atoms with Crippen LogP contribution >= 0.6 is 0 Å². The van der Waals surface area contributed by atoms with E-state index in [1.165, 1.54) is 18.3 Å². The smallest absolute Gasteiger partial charge is 0.255 e. The average Bonchev–Trinajstić information content (AvgIpc) is 2.63. The van der Waals surface area contributed by atoms with Gasteiger partial charge in [-0.15, -0.1) is 0 Å². The Morgan fingerprint density at radius 2 is 1.96 bits per heavy atom. The largest absolute Gasteiger partial charge is 0.329 e. The molecule has 0 saturated heterocycles. The zero-order valence-corrected chi connectivity index (χ0v) is 13.1. The minimum absolute atomic E-state index is 0.206. The van der Waals surface area contributed by atoms with E-state index in [0.717, 1.165) is 0 Å². The minimum Gasteiger partial charge on any atom is -0.329 e. The van der Waals surface area contributed by atoms with Crippen LogP contribution in [0.2, 0.25) is 0 Å². The van der Waals surface area contributed by atoms with Crippen LogP contribution in [0.15, 0.2) is 73.2 Å². The summed E-state index contributed by atoms with van der Waals surface area (Å²) in [5.41, 5.74) is 1.80. The zero-order chi connectivity index (χ0) is 16.9. The fourth-order valence-electron chi connectivity index (χ4n) is 2.62. The molecule has 0 unspecified atom stereocenters. The SMILES string of the molecule is CN(C(=O)c1cccnc1)[C@H](c1cccc(F)c1)c1ccccn1.